The molecule has 5 heteroatoms. The molecule has 0 radical (unpaired) electrons. The fourth-order valence-corrected chi connectivity index (χ4v) is 3.57. The highest BCUT2D eigenvalue weighted by atomic mass is 35.5. The van der Waals surface area contributed by atoms with Gasteiger partial charge in [0.05, 0.1) is 5.02 Å². The van der Waals surface area contributed by atoms with Crippen molar-refractivity contribution in [3.63, 3.8) is 0 Å². The Morgan fingerprint density at radius 1 is 1.33 bits per heavy atom. The van der Waals surface area contributed by atoms with E-state index in [-0.39, 0.29) is 6.04 Å². The molecule has 0 saturated heterocycles. The van der Waals surface area contributed by atoms with Gasteiger partial charge in [-0.05, 0) is 48.9 Å². The van der Waals surface area contributed by atoms with Gasteiger partial charge in [-0.1, -0.05) is 24.6 Å². The molecule has 1 heterocycles. The van der Waals surface area contributed by atoms with Crippen LogP contribution < -0.4 is 5.32 Å². The number of benzene rings is 1. The molecular formula is C16H18ClF2NS. The van der Waals surface area contributed by atoms with E-state index in [4.69, 9.17) is 11.6 Å². The van der Waals surface area contributed by atoms with Gasteiger partial charge in [0.25, 0.3) is 0 Å². The normalized spacial score (nSPS) is 12.6. The Bertz CT molecular complexity index is 612. The van der Waals surface area contributed by atoms with Gasteiger partial charge in [0.15, 0.2) is 0 Å². The molecular weight excluding hydrogens is 312 g/mol. The highest BCUT2D eigenvalue weighted by Crippen LogP contribution is 2.34. The van der Waals surface area contributed by atoms with Crippen molar-refractivity contribution in [3.05, 3.63) is 56.2 Å². The second-order valence-electron chi connectivity index (χ2n) is 5.04. The second-order valence-corrected chi connectivity index (χ2v) is 6.33. The van der Waals surface area contributed by atoms with Crippen molar-refractivity contribution in [1.82, 2.24) is 5.32 Å². The maximum atomic E-state index is 13.9. The highest BCUT2D eigenvalue weighted by Gasteiger charge is 2.19. The average molecular weight is 330 g/mol. The Balaban J connectivity index is 2.26. The van der Waals surface area contributed by atoms with Crippen molar-refractivity contribution in [2.75, 3.05) is 6.54 Å². The summed E-state index contributed by atoms with van der Waals surface area (Å²) in [6.45, 7) is 4.85. The molecule has 0 amide bonds. The molecule has 1 atom stereocenters. The Morgan fingerprint density at radius 2 is 2.10 bits per heavy atom. The first kappa shape index (κ1) is 16.4. The monoisotopic (exact) mass is 329 g/mol. The fourth-order valence-electron chi connectivity index (χ4n) is 2.17. The van der Waals surface area contributed by atoms with Crippen molar-refractivity contribution in [2.45, 2.75) is 32.7 Å². The lowest BCUT2D eigenvalue weighted by atomic mass is 10.0. The molecule has 1 N–H and O–H groups in total. The molecule has 1 nitrogen and oxygen atoms in total. The van der Waals surface area contributed by atoms with Gasteiger partial charge < -0.3 is 5.32 Å². The average Bonchev–Trinajstić information content (AvgIpc) is 2.77. The minimum atomic E-state index is -0.556. The molecule has 1 aromatic carbocycles. The van der Waals surface area contributed by atoms with Crippen LogP contribution in [0.25, 0.3) is 0 Å². The van der Waals surface area contributed by atoms with Crippen molar-refractivity contribution in [2.24, 2.45) is 0 Å². The SMILES string of the molecule is CCCNC(Cc1ccc(F)cc1F)c1scc(C)c1Cl. The molecule has 1 aromatic heterocycles. The number of aryl methyl sites for hydroxylation is 1. The van der Waals surface area contributed by atoms with Crippen molar-refractivity contribution in [1.29, 1.82) is 0 Å². The van der Waals surface area contributed by atoms with Gasteiger partial charge in [0, 0.05) is 17.0 Å². The van der Waals surface area contributed by atoms with Gasteiger partial charge >= 0.3 is 0 Å². The van der Waals surface area contributed by atoms with Gasteiger partial charge in [-0.3, -0.25) is 0 Å². The molecule has 0 fully saturated rings. The largest absolute Gasteiger partial charge is 0.309 e. The van der Waals surface area contributed by atoms with E-state index in [2.05, 4.69) is 12.2 Å². The molecule has 1 unspecified atom stereocenters. The third-order valence-corrected chi connectivity index (χ3v) is 5.15. The predicted molar refractivity (Wildman–Crippen MR) is 85.2 cm³/mol. The summed E-state index contributed by atoms with van der Waals surface area (Å²) in [5, 5.41) is 6.13. The van der Waals surface area contributed by atoms with E-state index in [0.29, 0.717) is 12.0 Å². The van der Waals surface area contributed by atoms with E-state index in [1.807, 2.05) is 12.3 Å². The summed E-state index contributed by atoms with van der Waals surface area (Å²) in [6, 6.07) is 3.65. The predicted octanol–water partition coefficient (Wildman–Crippen LogP) is 5.27. The Labute approximate surface area is 133 Å². The Hall–Kier alpha value is -0.970. The van der Waals surface area contributed by atoms with Crippen LogP contribution in [0, 0.1) is 18.6 Å². The maximum absolute atomic E-state index is 13.9. The molecule has 21 heavy (non-hydrogen) atoms. The molecule has 0 saturated carbocycles. The third kappa shape index (κ3) is 4.02. The molecule has 2 rings (SSSR count). The smallest absolute Gasteiger partial charge is 0.129 e. The quantitative estimate of drug-likeness (QED) is 0.761. The number of rotatable bonds is 6. The van der Waals surface area contributed by atoms with Crippen LogP contribution in [-0.4, -0.2) is 6.54 Å². The molecule has 0 spiro atoms. The van der Waals surface area contributed by atoms with Gasteiger partial charge in [-0.25, -0.2) is 8.78 Å². The molecule has 2 aromatic rings. The molecule has 0 aliphatic heterocycles. The molecule has 0 bridgehead atoms. The molecule has 0 aliphatic rings. The zero-order valence-electron chi connectivity index (χ0n) is 12.1. The van der Waals surface area contributed by atoms with Crippen LogP contribution in [-0.2, 0) is 6.42 Å². The van der Waals surface area contributed by atoms with Gasteiger partial charge in [-0.15, -0.1) is 11.3 Å². The van der Waals surface area contributed by atoms with E-state index >= 15 is 0 Å². The van der Waals surface area contributed by atoms with Crippen LogP contribution in [0.3, 0.4) is 0 Å². The number of hydrogen-bond donors (Lipinski definition) is 1. The Kier molecular flexibility index (Phi) is 5.73. The van der Waals surface area contributed by atoms with Crippen LogP contribution >= 0.6 is 22.9 Å². The zero-order valence-corrected chi connectivity index (χ0v) is 13.6. The van der Waals surface area contributed by atoms with Crippen LogP contribution in [0.15, 0.2) is 23.6 Å². The summed E-state index contributed by atoms with van der Waals surface area (Å²) >= 11 is 7.90. The zero-order chi connectivity index (χ0) is 15.4. The number of halogens is 3. The van der Waals surface area contributed by atoms with Crippen molar-refractivity contribution >= 4 is 22.9 Å². The van der Waals surface area contributed by atoms with Crippen molar-refractivity contribution in [3.8, 4) is 0 Å². The third-order valence-electron chi connectivity index (χ3n) is 3.32. The first-order valence-corrected chi connectivity index (χ1v) is 8.19. The number of hydrogen-bond acceptors (Lipinski definition) is 2. The number of nitrogens with one attached hydrogen (secondary N) is 1. The van der Waals surface area contributed by atoms with Gasteiger partial charge in [-0.2, -0.15) is 0 Å². The van der Waals surface area contributed by atoms with E-state index in [1.165, 1.54) is 12.1 Å². The topological polar surface area (TPSA) is 12.0 Å². The maximum Gasteiger partial charge on any atom is 0.129 e. The summed E-state index contributed by atoms with van der Waals surface area (Å²) in [6.07, 6.45) is 1.43. The lowest BCUT2D eigenvalue weighted by Crippen LogP contribution is -2.24. The number of thiophene rings is 1. The van der Waals surface area contributed by atoms with E-state index in [0.717, 1.165) is 34.5 Å². The highest BCUT2D eigenvalue weighted by molar-refractivity contribution is 7.10. The first-order chi connectivity index (χ1) is 10.0. The van der Waals surface area contributed by atoms with E-state index in [1.54, 1.807) is 11.3 Å². The molecule has 0 aliphatic carbocycles. The standard InChI is InChI=1S/C16H18ClF2NS/c1-3-6-20-14(16-15(17)10(2)9-21-16)7-11-4-5-12(18)8-13(11)19/h4-5,8-9,14,20H,3,6-7H2,1-2H3. The van der Waals surface area contributed by atoms with Crippen LogP contribution in [0.1, 0.15) is 35.4 Å². The minimum absolute atomic E-state index is 0.0592. The lowest BCUT2D eigenvalue weighted by Gasteiger charge is -2.18. The van der Waals surface area contributed by atoms with Gasteiger partial charge in [0.1, 0.15) is 11.6 Å². The van der Waals surface area contributed by atoms with Crippen molar-refractivity contribution < 1.29 is 8.78 Å². The second kappa shape index (κ2) is 7.34. The van der Waals surface area contributed by atoms with Gasteiger partial charge in [0.2, 0.25) is 0 Å². The van der Waals surface area contributed by atoms with Crippen LogP contribution in [0.5, 0.6) is 0 Å². The summed E-state index contributed by atoms with van der Waals surface area (Å²) < 4.78 is 26.9. The minimum Gasteiger partial charge on any atom is -0.309 e. The van der Waals surface area contributed by atoms with E-state index < -0.39 is 11.6 Å². The van der Waals surface area contributed by atoms with Crippen LogP contribution in [0.4, 0.5) is 8.78 Å². The summed E-state index contributed by atoms with van der Waals surface area (Å²) in [7, 11) is 0. The fraction of sp³-hybridized carbons (Fsp3) is 0.375. The summed E-state index contributed by atoms with van der Waals surface area (Å²) in [4.78, 5) is 1.01. The lowest BCUT2D eigenvalue weighted by molar-refractivity contribution is 0.514. The van der Waals surface area contributed by atoms with E-state index in [9.17, 15) is 8.78 Å². The summed E-state index contributed by atoms with van der Waals surface area (Å²) in [5.74, 6) is -1.07. The summed E-state index contributed by atoms with van der Waals surface area (Å²) in [5.41, 5.74) is 1.52. The Morgan fingerprint density at radius 3 is 2.67 bits per heavy atom. The van der Waals surface area contributed by atoms with Crippen LogP contribution in [0.2, 0.25) is 5.02 Å². The first-order valence-electron chi connectivity index (χ1n) is 6.93. The molecule has 114 valence electrons.